The van der Waals surface area contributed by atoms with E-state index in [1.54, 1.807) is 19.2 Å². The predicted octanol–water partition coefficient (Wildman–Crippen LogP) is 1.23. The molecule has 96 valence electrons. The number of benzene rings is 1. The van der Waals surface area contributed by atoms with Crippen LogP contribution in [-0.2, 0) is 13.6 Å². The summed E-state index contributed by atoms with van der Waals surface area (Å²) in [6.45, 7) is 0.355. The Morgan fingerprint density at radius 2 is 2.00 bits per heavy atom. The van der Waals surface area contributed by atoms with Crippen molar-refractivity contribution in [3.63, 3.8) is 0 Å². The second-order valence-corrected chi connectivity index (χ2v) is 4.62. The van der Waals surface area contributed by atoms with Crippen molar-refractivity contribution in [1.82, 2.24) is 24.8 Å². The SMILES string of the molecule is Cn1ncc2c(=O)n(Cc3ccc(Cl)cc3)nnc21. The summed E-state index contributed by atoms with van der Waals surface area (Å²) in [7, 11) is 1.72. The van der Waals surface area contributed by atoms with Crippen molar-refractivity contribution in [1.29, 1.82) is 0 Å². The smallest absolute Gasteiger partial charge is 0.267 e. The number of halogens is 1. The maximum atomic E-state index is 12.2. The van der Waals surface area contributed by atoms with Gasteiger partial charge in [0.15, 0.2) is 5.65 Å². The lowest BCUT2D eigenvalue weighted by molar-refractivity contribution is 0.595. The van der Waals surface area contributed by atoms with Crippen LogP contribution in [0, 0.1) is 0 Å². The van der Waals surface area contributed by atoms with Gasteiger partial charge in [0.2, 0.25) is 0 Å². The average Bonchev–Trinajstić information content (AvgIpc) is 2.78. The van der Waals surface area contributed by atoms with Gasteiger partial charge in [-0.25, -0.2) is 9.36 Å². The minimum Gasteiger partial charge on any atom is -0.267 e. The largest absolute Gasteiger partial charge is 0.281 e. The monoisotopic (exact) mass is 275 g/mol. The molecule has 0 amide bonds. The molecule has 0 fully saturated rings. The number of aromatic nitrogens is 5. The van der Waals surface area contributed by atoms with E-state index in [4.69, 9.17) is 11.6 Å². The fourth-order valence-corrected chi connectivity index (χ4v) is 1.97. The van der Waals surface area contributed by atoms with Crippen LogP contribution in [0.3, 0.4) is 0 Å². The maximum Gasteiger partial charge on any atom is 0.281 e. The molecule has 6 nitrogen and oxygen atoms in total. The molecule has 1 aromatic carbocycles. The molecule has 0 aliphatic heterocycles. The zero-order valence-electron chi connectivity index (χ0n) is 10.1. The van der Waals surface area contributed by atoms with Crippen molar-refractivity contribution in [2.45, 2.75) is 6.54 Å². The normalized spacial score (nSPS) is 11.1. The lowest BCUT2D eigenvalue weighted by atomic mass is 10.2. The zero-order valence-corrected chi connectivity index (χ0v) is 10.9. The highest BCUT2D eigenvalue weighted by molar-refractivity contribution is 6.30. The van der Waals surface area contributed by atoms with Gasteiger partial charge in [-0.2, -0.15) is 5.10 Å². The van der Waals surface area contributed by atoms with Gasteiger partial charge in [-0.3, -0.25) is 4.79 Å². The molecule has 0 aliphatic carbocycles. The third-order valence-corrected chi connectivity index (χ3v) is 3.12. The highest BCUT2D eigenvalue weighted by Gasteiger charge is 2.09. The Morgan fingerprint density at radius 3 is 2.74 bits per heavy atom. The van der Waals surface area contributed by atoms with E-state index in [1.807, 2.05) is 12.1 Å². The summed E-state index contributed by atoms with van der Waals surface area (Å²) in [5, 5.41) is 13.0. The molecule has 0 aliphatic rings. The quantitative estimate of drug-likeness (QED) is 0.705. The van der Waals surface area contributed by atoms with E-state index in [-0.39, 0.29) is 5.56 Å². The molecule has 0 radical (unpaired) electrons. The highest BCUT2D eigenvalue weighted by Crippen LogP contribution is 2.10. The Hall–Kier alpha value is -2.21. The highest BCUT2D eigenvalue weighted by atomic mass is 35.5. The van der Waals surface area contributed by atoms with Gasteiger partial charge in [-0.1, -0.05) is 28.9 Å². The maximum absolute atomic E-state index is 12.2. The first-order valence-electron chi connectivity index (χ1n) is 5.65. The van der Waals surface area contributed by atoms with E-state index in [0.717, 1.165) is 5.56 Å². The Kier molecular flexibility index (Phi) is 2.79. The molecule has 0 atom stereocenters. The van der Waals surface area contributed by atoms with E-state index < -0.39 is 0 Å². The van der Waals surface area contributed by atoms with Crippen molar-refractivity contribution in [3.8, 4) is 0 Å². The topological polar surface area (TPSA) is 65.6 Å². The van der Waals surface area contributed by atoms with Crippen LogP contribution in [0.2, 0.25) is 5.02 Å². The third kappa shape index (κ3) is 2.10. The van der Waals surface area contributed by atoms with Crippen molar-refractivity contribution in [3.05, 3.63) is 51.4 Å². The van der Waals surface area contributed by atoms with E-state index >= 15 is 0 Å². The fourth-order valence-electron chi connectivity index (χ4n) is 1.84. The average molecular weight is 276 g/mol. The molecule has 0 bridgehead atoms. The molecule has 2 aromatic heterocycles. The Bertz CT molecular complexity index is 790. The van der Waals surface area contributed by atoms with Crippen molar-refractivity contribution in [2.75, 3.05) is 0 Å². The first-order valence-corrected chi connectivity index (χ1v) is 6.03. The fraction of sp³-hybridized carbons (Fsp3) is 0.167. The van der Waals surface area contributed by atoms with Crippen LogP contribution >= 0.6 is 11.6 Å². The van der Waals surface area contributed by atoms with Gasteiger partial charge in [-0.05, 0) is 17.7 Å². The van der Waals surface area contributed by atoms with E-state index in [2.05, 4.69) is 15.4 Å². The molecule has 0 saturated heterocycles. The number of hydrogen-bond donors (Lipinski definition) is 0. The minimum absolute atomic E-state index is 0.201. The van der Waals surface area contributed by atoms with Crippen LogP contribution in [-0.4, -0.2) is 24.8 Å². The van der Waals surface area contributed by atoms with E-state index in [0.29, 0.717) is 22.6 Å². The van der Waals surface area contributed by atoms with Crippen molar-refractivity contribution in [2.24, 2.45) is 7.05 Å². The van der Waals surface area contributed by atoms with Gasteiger partial charge in [0, 0.05) is 12.1 Å². The Labute approximate surface area is 113 Å². The molecule has 2 heterocycles. The summed E-state index contributed by atoms with van der Waals surface area (Å²) < 4.78 is 2.84. The van der Waals surface area contributed by atoms with Crippen LogP contribution < -0.4 is 5.56 Å². The molecule has 19 heavy (non-hydrogen) atoms. The Morgan fingerprint density at radius 1 is 1.26 bits per heavy atom. The summed E-state index contributed by atoms with van der Waals surface area (Å²) in [5.74, 6) is 0. The number of rotatable bonds is 2. The summed E-state index contributed by atoms with van der Waals surface area (Å²) in [5.41, 5.74) is 1.22. The first kappa shape index (κ1) is 11.9. The van der Waals surface area contributed by atoms with Gasteiger partial charge in [0.05, 0.1) is 12.7 Å². The zero-order chi connectivity index (χ0) is 13.4. The minimum atomic E-state index is -0.201. The second-order valence-electron chi connectivity index (χ2n) is 4.18. The summed E-state index contributed by atoms with van der Waals surface area (Å²) in [6, 6.07) is 7.25. The molecule has 0 saturated carbocycles. The second kappa shape index (κ2) is 4.47. The van der Waals surface area contributed by atoms with E-state index in [9.17, 15) is 4.79 Å². The number of hydrogen-bond acceptors (Lipinski definition) is 4. The predicted molar refractivity (Wildman–Crippen MR) is 71.1 cm³/mol. The molecular weight excluding hydrogens is 266 g/mol. The van der Waals surface area contributed by atoms with Crippen LogP contribution in [0.15, 0.2) is 35.3 Å². The molecule has 0 unspecified atom stereocenters. The lowest BCUT2D eigenvalue weighted by Gasteiger charge is -2.03. The molecular formula is C12H10ClN5O. The molecule has 3 aromatic rings. The van der Waals surface area contributed by atoms with Crippen LogP contribution in [0.5, 0.6) is 0 Å². The molecule has 7 heteroatoms. The van der Waals surface area contributed by atoms with Crippen LogP contribution in [0.25, 0.3) is 11.0 Å². The van der Waals surface area contributed by atoms with Gasteiger partial charge in [-0.15, -0.1) is 5.10 Å². The van der Waals surface area contributed by atoms with E-state index in [1.165, 1.54) is 15.6 Å². The summed E-state index contributed by atoms with van der Waals surface area (Å²) >= 11 is 5.82. The lowest BCUT2D eigenvalue weighted by Crippen LogP contribution is -2.24. The standard InChI is InChI=1S/C12H10ClN5O/c1-17-11-10(6-14-17)12(19)18(16-15-11)7-8-2-4-9(13)5-3-8/h2-6H,7H2,1H3. The number of nitrogens with zero attached hydrogens (tertiary/aromatic N) is 5. The van der Waals surface area contributed by atoms with Crippen molar-refractivity contribution < 1.29 is 0 Å². The molecule has 3 rings (SSSR count). The van der Waals surface area contributed by atoms with Crippen LogP contribution in [0.1, 0.15) is 5.56 Å². The molecule has 0 N–H and O–H groups in total. The third-order valence-electron chi connectivity index (χ3n) is 2.87. The molecule has 0 spiro atoms. The van der Waals surface area contributed by atoms with Crippen LogP contribution in [0.4, 0.5) is 0 Å². The van der Waals surface area contributed by atoms with Gasteiger partial charge < -0.3 is 0 Å². The van der Waals surface area contributed by atoms with Gasteiger partial charge in [0.1, 0.15) is 5.39 Å². The Balaban J connectivity index is 2.04. The number of aryl methyl sites for hydroxylation is 1. The number of fused-ring (bicyclic) bond motifs is 1. The summed E-state index contributed by atoms with van der Waals surface area (Å²) in [4.78, 5) is 12.2. The van der Waals surface area contributed by atoms with Crippen molar-refractivity contribution >= 4 is 22.6 Å². The van der Waals surface area contributed by atoms with Gasteiger partial charge in [0.25, 0.3) is 5.56 Å². The summed E-state index contributed by atoms with van der Waals surface area (Å²) in [6.07, 6.45) is 1.50. The first-order chi connectivity index (χ1) is 9.15. The van der Waals surface area contributed by atoms with Gasteiger partial charge >= 0.3 is 0 Å².